The van der Waals surface area contributed by atoms with Gasteiger partial charge in [-0.05, 0) is 55.9 Å². The Labute approximate surface area is 165 Å². The van der Waals surface area contributed by atoms with E-state index in [1.165, 1.54) is 12.1 Å². The van der Waals surface area contributed by atoms with Crippen molar-refractivity contribution in [3.05, 3.63) is 24.3 Å². The molecule has 1 heterocycles. The number of amides is 1. The number of hydrogen-bond donors (Lipinski definition) is 1. The van der Waals surface area contributed by atoms with Crippen LogP contribution < -0.4 is 5.32 Å². The number of carbonyl (C=O) groups is 1. The van der Waals surface area contributed by atoms with Gasteiger partial charge in [0.25, 0.3) is 0 Å². The molecule has 1 saturated heterocycles. The number of benzene rings is 1. The Bertz CT molecular complexity index is 800. The Morgan fingerprint density at radius 2 is 1.65 bits per heavy atom. The van der Waals surface area contributed by atoms with Crippen LogP contribution in [0.25, 0.3) is 0 Å². The Balaban J connectivity index is 1.72. The molecule has 0 radical (unpaired) electrons. The number of hydrogen-bond acceptors (Lipinski definition) is 3. The quantitative estimate of drug-likeness (QED) is 0.754. The van der Waals surface area contributed by atoms with E-state index in [2.05, 4.69) is 19.2 Å². The highest BCUT2D eigenvalue weighted by Gasteiger charge is 2.67. The molecule has 0 aromatic heterocycles. The predicted molar refractivity (Wildman–Crippen MR) is 104 cm³/mol. The SMILES string of the molecule is CC1CC(C)CN(S(=O)(=O)c2ccc(NC(=O)C3(C)CC3(Cl)Cl)cc2)C1. The summed E-state index contributed by atoms with van der Waals surface area (Å²) >= 11 is 12.0. The highest BCUT2D eigenvalue weighted by Crippen LogP contribution is 2.64. The average molecular weight is 419 g/mol. The molecular weight excluding hydrogens is 395 g/mol. The second-order valence-corrected chi connectivity index (χ2v) is 11.4. The maximum atomic E-state index is 12.9. The summed E-state index contributed by atoms with van der Waals surface area (Å²) in [5.74, 6) is 0.423. The molecule has 0 bridgehead atoms. The Morgan fingerprint density at radius 1 is 1.15 bits per heavy atom. The summed E-state index contributed by atoms with van der Waals surface area (Å²) in [4.78, 5) is 12.5. The van der Waals surface area contributed by atoms with E-state index in [0.717, 1.165) is 6.42 Å². The molecule has 2 fully saturated rings. The fourth-order valence-corrected chi connectivity index (χ4v) is 5.96. The Hall–Kier alpha value is -0.820. The van der Waals surface area contributed by atoms with E-state index in [1.807, 2.05) is 0 Å². The van der Waals surface area contributed by atoms with Crippen molar-refractivity contribution in [1.82, 2.24) is 4.31 Å². The first kappa shape index (κ1) is 19.9. The third kappa shape index (κ3) is 3.61. The maximum Gasteiger partial charge on any atom is 0.243 e. The molecule has 3 atom stereocenters. The predicted octanol–water partition coefficient (Wildman–Crippen LogP) is 3.88. The first-order valence-corrected chi connectivity index (χ1v) is 10.9. The van der Waals surface area contributed by atoms with Crippen molar-refractivity contribution in [2.75, 3.05) is 18.4 Å². The van der Waals surface area contributed by atoms with Gasteiger partial charge in [-0.2, -0.15) is 4.31 Å². The van der Waals surface area contributed by atoms with Gasteiger partial charge in [-0.15, -0.1) is 23.2 Å². The maximum absolute atomic E-state index is 12.9. The molecule has 1 amide bonds. The fourth-order valence-electron chi connectivity index (χ4n) is 3.58. The molecule has 1 aromatic carbocycles. The van der Waals surface area contributed by atoms with E-state index >= 15 is 0 Å². The van der Waals surface area contributed by atoms with Crippen LogP contribution >= 0.6 is 23.2 Å². The molecule has 5 nitrogen and oxygen atoms in total. The van der Waals surface area contributed by atoms with Gasteiger partial charge >= 0.3 is 0 Å². The molecule has 0 spiro atoms. The van der Waals surface area contributed by atoms with Crippen LogP contribution in [0.1, 0.15) is 33.6 Å². The number of alkyl halides is 2. The van der Waals surface area contributed by atoms with Crippen LogP contribution in [0.4, 0.5) is 5.69 Å². The zero-order chi connectivity index (χ0) is 19.3. The number of anilines is 1. The second kappa shape index (κ2) is 6.66. The van der Waals surface area contributed by atoms with Crippen LogP contribution in [0.2, 0.25) is 0 Å². The molecule has 1 aliphatic heterocycles. The number of nitrogens with zero attached hydrogens (tertiary/aromatic N) is 1. The summed E-state index contributed by atoms with van der Waals surface area (Å²) in [5, 5.41) is 2.76. The molecule has 144 valence electrons. The van der Waals surface area contributed by atoms with Gasteiger partial charge in [0.05, 0.1) is 10.3 Å². The third-order valence-corrected chi connectivity index (χ3v) is 8.29. The number of nitrogens with one attached hydrogen (secondary N) is 1. The number of rotatable bonds is 4. The van der Waals surface area contributed by atoms with Gasteiger partial charge in [0, 0.05) is 18.8 Å². The smallest absolute Gasteiger partial charge is 0.243 e. The van der Waals surface area contributed by atoms with Gasteiger partial charge in [-0.1, -0.05) is 13.8 Å². The molecule has 1 aliphatic carbocycles. The minimum atomic E-state index is -3.53. The number of piperidine rings is 1. The van der Waals surface area contributed by atoms with Crippen LogP contribution in [0, 0.1) is 17.3 Å². The van der Waals surface area contributed by atoms with Gasteiger partial charge in [-0.25, -0.2) is 8.42 Å². The lowest BCUT2D eigenvalue weighted by Crippen LogP contribution is -2.42. The molecule has 1 aromatic rings. The molecule has 3 rings (SSSR count). The topological polar surface area (TPSA) is 66.5 Å². The zero-order valence-corrected chi connectivity index (χ0v) is 17.5. The normalized spacial score (nSPS) is 31.4. The summed E-state index contributed by atoms with van der Waals surface area (Å²) in [6, 6.07) is 6.24. The molecule has 1 N–H and O–H groups in total. The first-order chi connectivity index (χ1) is 12.0. The van der Waals surface area contributed by atoms with Crippen LogP contribution in [-0.4, -0.2) is 36.1 Å². The summed E-state index contributed by atoms with van der Waals surface area (Å²) in [7, 11) is -3.53. The highest BCUT2D eigenvalue weighted by molar-refractivity contribution is 7.89. The van der Waals surface area contributed by atoms with E-state index in [-0.39, 0.29) is 10.8 Å². The minimum Gasteiger partial charge on any atom is -0.326 e. The van der Waals surface area contributed by atoms with Gasteiger partial charge in [0.15, 0.2) is 0 Å². The van der Waals surface area contributed by atoms with E-state index < -0.39 is 19.8 Å². The number of halogens is 2. The van der Waals surface area contributed by atoms with Crippen molar-refractivity contribution in [3.8, 4) is 0 Å². The molecule has 1 saturated carbocycles. The largest absolute Gasteiger partial charge is 0.326 e. The standard InChI is InChI=1S/C18H24Cl2N2O3S/c1-12-8-13(2)10-22(9-12)26(24,25)15-6-4-14(5-7-15)21-16(23)17(3)11-18(17,19)20/h4-7,12-13H,8-11H2,1-3H3,(H,21,23). The highest BCUT2D eigenvalue weighted by atomic mass is 35.5. The Kier molecular flexibility index (Phi) is 5.10. The number of carbonyl (C=O) groups excluding carboxylic acids is 1. The fraction of sp³-hybridized carbons (Fsp3) is 0.611. The lowest BCUT2D eigenvalue weighted by molar-refractivity contribution is -0.120. The van der Waals surface area contributed by atoms with Gasteiger partial charge in [-0.3, -0.25) is 4.79 Å². The lowest BCUT2D eigenvalue weighted by atomic mass is 9.94. The van der Waals surface area contributed by atoms with Crippen molar-refractivity contribution < 1.29 is 13.2 Å². The van der Waals surface area contributed by atoms with E-state index in [4.69, 9.17) is 23.2 Å². The monoisotopic (exact) mass is 418 g/mol. The van der Waals surface area contributed by atoms with Gasteiger partial charge in [0.2, 0.25) is 15.9 Å². The van der Waals surface area contributed by atoms with Gasteiger partial charge in [0.1, 0.15) is 4.33 Å². The second-order valence-electron chi connectivity index (χ2n) is 7.96. The molecule has 26 heavy (non-hydrogen) atoms. The molecule has 2 aliphatic rings. The number of sulfonamides is 1. The van der Waals surface area contributed by atoms with Gasteiger partial charge < -0.3 is 5.32 Å². The summed E-state index contributed by atoms with van der Waals surface area (Å²) in [6.45, 7) is 6.93. The van der Waals surface area contributed by atoms with Crippen LogP contribution in [0.3, 0.4) is 0 Å². The molecule has 3 unspecified atom stereocenters. The molecular formula is C18H24Cl2N2O3S. The van der Waals surface area contributed by atoms with E-state index in [9.17, 15) is 13.2 Å². The zero-order valence-electron chi connectivity index (χ0n) is 15.1. The average Bonchev–Trinajstić information content (AvgIpc) is 3.06. The molecule has 8 heteroatoms. The van der Waals surface area contributed by atoms with Crippen LogP contribution in [0.5, 0.6) is 0 Å². The van der Waals surface area contributed by atoms with Crippen LogP contribution in [-0.2, 0) is 14.8 Å². The minimum absolute atomic E-state index is 0.235. The van der Waals surface area contributed by atoms with Crippen molar-refractivity contribution in [2.24, 2.45) is 17.3 Å². The van der Waals surface area contributed by atoms with Crippen LogP contribution in [0.15, 0.2) is 29.2 Å². The third-order valence-electron chi connectivity index (χ3n) is 5.34. The van der Waals surface area contributed by atoms with Crippen molar-refractivity contribution in [1.29, 1.82) is 0 Å². The van der Waals surface area contributed by atoms with Crippen molar-refractivity contribution >= 4 is 44.8 Å². The van der Waals surface area contributed by atoms with E-state index in [1.54, 1.807) is 23.4 Å². The lowest BCUT2D eigenvalue weighted by Gasteiger charge is -2.34. The summed E-state index contributed by atoms with van der Waals surface area (Å²) in [5.41, 5.74) is -0.299. The van der Waals surface area contributed by atoms with Crippen molar-refractivity contribution in [3.63, 3.8) is 0 Å². The van der Waals surface area contributed by atoms with Crippen molar-refractivity contribution in [2.45, 2.75) is 42.8 Å². The van der Waals surface area contributed by atoms with E-state index in [0.29, 0.717) is 37.0 Å². The first-order valence-electron chi connectivity index (χ1n) is 8.75. The summed E-state index contributed by atoms with van der Waals surface area (Å²) < 4.78 is 26.3. The summed E-state index contributed by atoms with van der Waals surface area (Å²) in [6.07, 6.45) is 1.44. The Morgan fingerprint density at radius 3 is 2.12 bits per heavy atom.